The summed E-state index contributed by atoms with van der Waals surface area (Å²) in [5.74, 6) is -0.0977. The third-order valence-corrected chi connectivity index (χ3v) is 3.05. The Labute approximate surface area is 77.7 Å². The van der Waals surface area contributed by atoms with Gasteiger partial charge in [-0.2, -0.15) is 0 Å². The van der Waals surface area contributed by atoms with Crippen LogP contribution in [0.2, 0.25) is 0 Å². The van der Waals surface area contributed by atoms with Gasteiger partial charge in [-0.25, -0.2) is 0 Å². The van der Waals surface area contributed by atoms with Crippen molar-refractivity contribution < 1.29 is 4.79 Å². The maximum atomic E-state index is 10.4. The molecule has 0 unspecified atom stereocenters. The van der Waals surface area contributed by atoms with Crippen molar-refractivity contribution in [2.24, 2.45) is 5.73 Å². The van der Waals surface area contributed by atoms with Crippen molar-refractivity contribution in [3.05, 3.63) is 0 Å². The van der Waals surface area contributed by atoms with E-state index in [0.29, 0.717) is 0 Å². The van der Waals surface area contributed by atoms with E-state index in [1.165, 1.54) is 23.1 Å². The molecule has 0 spiro atoms. The van der Waals surface area contributed by atoms with Crippen molar-refractivity contribution in [3.63, 3.8) is 0 Å². The summed E-state index contributed by atoms with van der Waals surface area (Å²) in [6, 6.07) is 0. The van der Waals surface area contributed by atoms with E-state index in [2.05, 4.69) is 15.5 Å². The van der Waals surface area contributed by atoms with Crippen LogP contribution in [0.4, 0.5) is 5.13 Å². The van der Waals surface area contributed by atoms with Gasteiger partial charge in [0.1, 0.15) is 0 Å². The molecular weight excluding hydrogens is 196 g/mol. The zero-order valence-corrected chi connectivity index (χ0v) is 8.04. The number of hydrogen-bond acceptors (Lipinski definition) is 6. The van der Waals surface area contributed by atoms with Crippen LogP contribution >= 0.6 is 23.1 Å². The summed E-state index contributed by atoms with van der Waals surface area (Å²) in [4.78, 5) is 10.4. The molecule has 66 valence electrons. The number of carbonyl (C=O) groups is 1. The summed E-state index contributed by atoms with van der Waals surface area (Å²) in [7, 11) is 1.77. The Morgan fingerprint density at radius 1 is 1.75 bits per heavy atom. The summed E-state index contributed by atoms with van der Waals surface area (Å²) < 4.78 is 0.748. The molecule has 0 aromatic carbocycles. The lowest BCUT2D eigenvalue weighted by molar-refractivity contribution is -0.115. The first kappa shape index (κ1) is 9.27. The molecule has 1 amide bonds. The SMILES string of the molecule is CNc1nnc(SCC(N)=O)s1. The molecule has 0 fully saturated rings. The molecule has 0 saturated heterocycles. The number of primary amides is 1. The highest BCUT2D eigenvalue weighted by molar-refractivity contribution is 8.01. The van der Waals surface area contributed by atoms with Gasteiger partial charge < -0.3 is 11.1 Å². The van der Waals surface area contributed by atoms with Crippen LogP contribution in [0, 0.1) is 0 Å². The fraction of sp³-hybridized carbons (Fsp3) is 0.400. The summed E-state index contributed by atoms with van der Waals surface area (Å²) in [6.07, 6.45) is 0. The minimum Gasteiger partial charge on any atom is -0.369 e. The first-order valence-electron chi connectivity index (χ1n) is 3.14. The number of amides is 1. The summed E-state index contributed by atoms with van der Waals surface area (Å²) in [5, 5.41) is 11.2. The Hall–Kier alpha value is -0.820. The zero-order chi connectivity index (χ0) is 8.97. The molecule has 0 aliphatic carbocycles. The number of nitrogens with zero attached hydrogens (tertiary/aromatic N) is 2. The van der Waals surface area contributed by atoms with Gasteiger partial charge >= 0.3 is 0 Å². The van der Waals surface area contributed by atoms with Gasteiger partial charge in [0.25, 0.3) is 0 Å². The summed E-state index contributed by atoms with van der Waals surface area (Å²) in [6.45, 7) is 0. The minimum absolute atomic E-state index is 0.248. The molecule has 5 nitrogen and oxygen atoms in total. The first-order chi connectivity index (χ1) is 5.72. The van der Waals surface area contributed by atoms with Gasteiger partial charge in [0, 0.05) is 7.05 Å². The molecule has 3 N–H and O–H groups in total. The van der Waals surface area contributed by atoms with Gasteiger partial charge in [0.15, 0.2) is 4.34 Å². The number of anilines is 1. The van der Waals surface area contributed by atoms with Crippen LogP contribution in [0.15, 0.2) is 4.34 Å². The third-order valence-electron chi connectivity index (χ3n) is 0.958. The number of nitrogens with one attached hydrogen (secondary N) is 1. The van der Waals surface area contributed by atoms with E-state index in [9.17, 15) is 4.79 Å². The second-order valence-corrected chi connectivity index (χ2v) is 4.08. The molecule has 1 rings (SSSR count). The van der Waals surface area contributed by atoms with E-state index >= 15 is 0 Å². The molecule has 0 aliphatic heterocycles. The van der Waals surface area contributed by atoms with Gasteiger partial charge in [0.2, 0.25) is 11.0 Å². The monoisotopic (exact) mass is 204 g/mol. The molecule has 7 heteroatoms. The molecular formula is C5H8N4OS2. The van der Waals surface area contributed by atoms with E-state index in [1.807, 2.05) is 0 Å². The Morgan fingerprint density at radius 2 is 2.50 bits per heavy atom. The summed E-state index contributed by atoms with van der Waals surface area (Å²) >= 11 is 2.69. The Bertz CT molecular complexity index is 274. The van der Waals surface area contributed by atoms with Crippen LogP contribution < -0.4 is 11.1 Å². The van der Waals surface area contributed by atoms with E-state index in [-0.39, 0.29) is 11.7 Å². The van der Waals surface area contributed by atoms with Gasteiger partial charge in [-0.15, -0.1) is 10.2 Å². The smallest absolute Gasteiger partial charge is 0.227 e. The zero-order valence-electron chi connectivity index (χ0n) is 6.40. The first-order valence-corrected chi connectivity index (χ1v) is 4.95. The standard InChI is InChI=1S/C5H8N4OS2/c1-7-4-8-9-5(12-4)11-2-3(6)10/h2H2,1H3,(H2,6,10)(H,7,8). The molecule has 1 heterocycles. The number of thioether (sulfide) groups is 1. The average Bonchev–Trinajstić information content (AvgIpc) is 2.48. The lowest BCUT2D eigenvalue weighted by Gasteiger charge is -1.89. The van der Waals surface area contributed by atoms with Gasteiger partial charge in [-0.05, 0) is 0 Å². The summed E-state index contributed by atoms with van der Waals surface area (Å²) in [5.41, 5.74) is 4.96. The van der Waals surface area contributed by atoms with Crippen LogP contribution in [-0.4, -0.2) is 28.9 Å². The predicted molar refractivity (Wildman–Crippen MR) is 49.4 cm³/mol. The molecule has 1 aromatic rings. The highest BCUT2D eigenvalue weighted by Gasteiger charge is 2.04. The Morgan fingerprint density at radius 3 is 3.00 bits per heavy atom. The van der Waals surface area contributed by atoms with Crippen molar-refractivity contribution in [1.29, 1.82) is 0 Å². The van der Waals surface area contributed by atoms with Crippen LogP contribution in [-0.2, 0) is 4.79 Å². The van der Waals surface area contributed by atoms with Gasteiger partial charge in [-0.1, -0.05) is 23.1 Å². The van der Waals surface area contributed by atoms with E-state index in [0.717, 1.165) is 9.47 Å². The molecule has 0 atom stereocenters. The highest BCUT2D eigenvalue weighted by atomic mass is 32.2. The fourth-order valence-corrected chi connectivity index (χ4v) is 1.95. The van der Waals surface area contributed by atoms with Crippen LogP contribution in [0.25, 0.3) is 0 Å². The quantitative estimate of drug-likeness (QED) is 0.683. The van der Waals surface area contributed by atoms with Crippen molar-refractivity contribution in [2.45, 2.75) is 4.34 Å². The number of rotatable bonds is 4. The minimum atomic E-state index is -0.346. The van der Waals surface area contributed by atoms with Crippen LogP contribution in [0.1, 0.15) is 0 Å². The van der Waals surface area contributed by atoms with Crippen molar-refractivity contribution >= 4 is 34.1 Å². The number of nitrogens with two attached hydrogens (primary N) is 1. The second-order valence-electron chi connectivity index (χ2n) is 1.88. The topological polar surface area (TPSA) is 80.9 Å². The number of carbonyl (C=O) groups excluding carboxylic acids is 1. The maximum Gasteiger partial charge on any atom is 0.227 e. The number of aromatic nitrogens is 2. The maximum absolute atomic E-state index is 10.4. The largest absolute Gasteiger partial charge is 0.369 e. The van der Waals surface area contributed by atoms with Crippen molar-refractivity contribution in [3.8, 4) is 0 Å². The number of hydrogen-bond donors (Lipinski definition) is 2. The van der Waals surface area contributed by atoms with Gasteiger partial charge in [-0.3, -0.25) is 4.79 Å². The highest BCUT2D eigenvalue weighted by Crippen LogP contribution is 2.24. The molecule has 0 aliphatic rings. The molecule has 0 saturated carbocycles. The lowest BCUT2D eigenvalue weighted by Crippen LogP contribution is -2.12. The van der Waals surface area contributed by atoms with E-state index < -0.39 is 0 Å². The Balaban J connectivity index is 2.47. The second kappa shape index (κ2) is 4.27. The normalized spacial score (nSPS) is 9.75. The average molecular weight is 204 g/mol. The van der Waals surface area contributed by atoms with Crippen LogP contribution in [0.3, 0.4) is 0 Å². The predicted octanol–water partition coefficient (Wildman–Crippen LogP) is 0.157. The van der Waals surface area contributed by atoms with Crippen LogP contribution in [0.5, 0.6) is 0 Å². The van der Waals surface area contributed by atoms with Crippen molar-refractivity contribution in [1.82, 2.24) is 10.2 Å². The third kappa shape index (κ3) is 2.67. The lowest BCUT2D eigenvalue weighted by atomic mass is 10.8. The van der Waals surface area contributed by atoms with E-state index in [1.54, 1.807) is 7.05 Å². The Kier molecular flexibility index (Phi) is 3.30. The molecule has 0 radical (unpaired) electrons. The fourth-order valence-electron chi connectivity index (χ4n) is 0.502. The molecule has 0 bridgehead atoms. The van der Waals surface area contributed by atoms with Crippen molar-refractivity contribution in [2.75, 3.05) is 18.1 Å². The molecule has 12 heavy (non-hydrogen) atoms. The molecule has 1 aromatic heterocycles. The van der Waals surface area contributed by atoms with Gasteiger partial charge in [0.05, 0.1) is 5.75 Å². The van der Waals surface area contributed by atoms with E-state index in [4.69, 9.17) is 5.73 Å².